The lowest BCUT2D eigenvalue weighted by atomic mass is 9.81. The van der Waals surface area contributed by atoms with Crippen molar-refractivity contribution in [3.63, 3.8) is 0 Å². The van der Waals surface area contributed by atoms with E-state index in [9.17, 15) is 24.3 Å². The minimum Gasteiger partial charge on any atom is -0.495 e. The van der Waals surface area contributed by atoms with Crippen molar-refractivity contribution in [1.82, 2.24) is 40.3 Å². The van der Waals surface area contributed by atoms with E-state index in [-0.39, 0.29) is 44.2 Å². The number of benzene rings is 2. The van der Waals surface area contributed by atoms with E-state index in [0.29, 0.717) is 52.8 Å². The summed E-state index contributed by atoms with van der Waals surface area (Å²) in [4.78, 5) is 75.9. The Labute approximate surface area is 427 Å². The number of methoxy groups -OCH3 is 1. The summed E-state index contributed by atoms with van der Waals surface area (Å²) < 4.78 is 19.9. The summed E-state index contributed by atoms with van der Waals surface area (Å²) in [5.41, 5.74) is 3.77. The first-order valence-corrected chi connectivity index (χ1v) is 26.3. The van der Waals surface area contributed by atoms with Gasteiger partial charge in [-0.1, -0.05) is 42.4 Å². The van der Waals surface area contributed by atoms with Crippen LogP contribution in [0.2, 0.25) is 5.02 Å². The maximum Gasteiger partial charge on any atom is 0.258 e. The molecular weight excluding hydrogens is 967 g/mol. The van der Waals surface area contributed by atoms with Gasteiger partial charge in [0.15, 0.2) is 5.67 Å². The lowest BCUT2D eigenvalue weighted by molar-refractivity contribution is -0.143. The maximum atomic E-state index is 15.2. The van der Waals surface area contributed by atoms with E-state index < -0.39 is 46.3 Å². The molecule has 8 rings (SSSR count). The molecule has 4 amide bonds. The highest BCUT2D eigenvalue weighted by Crippen LogP contribution is 2.45. The number of alkyl halides is 1. The molecular formula is C51H64ClFN10O6S2. The lowest BCUT2D eigenvalue weighted by Gasteiger charge is -2.40. The number of β-amino-alcohol motifs (C(OH)–C–C–N with tert-alkyl or cyclic N) is 1. The predicted molar refractivity (Wildman–Crippen MR) is 277 cm³/mol. The summed E-state index contributed by atoms with van der Waals surface area (Å²) in [6, 6.07) is 10.9. The number of thiazole rings is 1. The molecule has 2 aromatic heterocycles. The molecule has 2 saturated carbocycles. The van der Waals surface area contributed by atoms with Crippen LogP contribution in [0.5, 0.6) is 5.75 Å². The van der Waals surface area contributed by atoms with Gasteiger partial charge in [0, 0.05) is 69.6 Å². The highest BCUT2D eigenvalue weighted by Gasteiger charge is 2.54. The number of nitrogens with zero attached hydrogens (tertiary/aromatic N) is 6. The quantitative estimate of drug-likeness (QED) is 0.0672. The largest absolute Gasteiger partial charge is 0.495 e. The fourth-order valence-electron chi connectivity index (χ4n) is 9.74. The number of thioether (sulfide) groups is 1. The van der Waals surface area contributed by atoms with Crippen molar-refractivity contribution in [2.75, 3.05) is 64.1 Å². The zero-order valence-electron chi connectivity index (χ0n) is 40.9. The second-order valence-corrected chi connectivity index (χ2v) is 22.7. The van der Waals surface area contributed by atoms with Gasteiger partial charge in [0.2, 0.25) is 17.8 Å². The van der Waals surface area contributed by atoms with Gasteiger partial charge in [-0.25, -0.2) is 14.4 Å². The van der Waals surface area contributed by atoms with Gasteiger partial charge in [0.1, 0.15) is 28.7 Å². The smallest absolute Gasteiger partial charge is 0.258 e. The van der Waals surface area contributed by atoms with E-state index in [0.717, 1.165) is 71.9 Å². The van der Waals surface area contributed by atoms with Gasteiger partial charge in [-0.2, -0.15) is 4.98 Å². The molecule has 4 fully saturated rings. The molecule has 16 nitrogen and oxygen atoms in total. The van der Waals surface area contributed by atoms with E-state index in [1.807, 2.05) is 49.9 Å². The van der Waals surface area contributed by atoms with E-state index in [4.69, 9.17) is 16.3 Å². The summed E-state index contributed by atoms with van der Waals surface area (Å²) in [7, 11) is 3.27. The van der Waals surface area contributed by atoms with Crippen LogP contribution in [-0.4, -0.2) is 140 Å². The summed E-state index contributed by atoms with van der Waals surface area (Å²) >= 11 is 9.12. The fourth-order valence-corrected chi connectivity index (χ4v) is 12.1. The van der Waals surface area contributed by atoms with Gasteiger partial charge < -0.3 is 40.9 Å². The van der Waals surface area contributed by atoms with Gasteiger partial charge in [-0.15, -0.1) is 23.1 Å². The van der Waals surface area contributed by atoms with Crippen molar-refractivity contribution >= 4 is 75.8 Å². The molecule has 380 valence electrons. The summed E-state index contributed by atoms with van der Waals surface area (Å²) in [5.74, 6) is 0.0824. The number of aromatic nitrogens is 3. The average Bonchev–Trinajstić information content (AvgIpc) is 3.78. The molecule has 1 unspecified atom stereocenters. The van der Waals surface area contributed by atoms with E-state index in [1.165, 1.54) is 22.9 Å². The number of rotatable bonds is 18. The van der Waals surface area contributed by atoms with Crippen LogP contribution in [-0.2, 0) is 20.9 Å². The zero-order chi connectivity index (χ0) is 50.6. The van der Waals surface area contributed by atoms with Crippen molar-refractivity contribution in [1.29, 1.82) is 0 Å². The van der Waals surface area contributed by atoms with E-state index in [1.54, 1.807) is 49.2 Å². The highest BCUT2D eigenvalue weighted by atomic mass is 35.5. The maximum absolute atomic E-state index is 15.2. The molecule has 20 heteroatoms. The number of aliphatic hydroxyl groups excluding tert-OH is 1. The summed E-state index contributed by atoms with van der Waals surface area (Å²) in [5, 5.41) is 23.0. The average molecular weight is 1030 g/mol. The summed E-state index contributed by atoms with van der Waals surface area (Å²) in [6.45, 7) is 13.9. The number of carbonyl (C=O) groups is 4. The van der Waals surface area contributed by atoms with Gasteiger partial charge >= 0.3 is 0 Å². The van der Waals surface area contributed by atoms with Gasteiger partial charge in [0.05, 0.1) is 41.2 Å². The Hall–Kier alpha value is -5.34. The molecule has 0 bridgehead atoms. The van der Waals surface area contributed by atoms with Crippen molar-refractivity contribution in [3.8, 4) is 16.2 Å². The molecule has 2 aliphatic carbocycles. The number of anilines is 3. The molecule has 2 saturated heterocycles. The van der Waals surface area contributed by atoms with Crippen LogP contribution in [0.15, 0.2) is 65.7 Å². The van der Waals surface area contributed by atoms with Gasteiger partial charge in [-0.05, 0) is 105 Å². The number of amides is 4. The molecule has 2 aromatic carbocycles. The van der Waals surface area contributed by atoms with Gasteiger partial charge in [0.25, 0.3) is 11.8 Å². The fraction of sp³-hybridized carbons (Fsp3) is 0.510. The number of piperazine rings is 1. The highest BCUT2D eigenvalue weighted by molar-refractivity contribution is 8.04. The number of nitrogens with one attached hydrogen (secondary N) is 4. The molecule has 5 N–H and O–H groups in total. The van der Waals surface area contributed by atoms with Crippen LogP contribution in [0.1, 0.15) is 80.4 Å². The third kappa shape index (κ3) is 12.3. The topological polar surface area (TPSA) is 194 Å². The van der Waals surface area contributed by atoms with Crippen LogP contribution >= 0.6 is 34.7 Å². The number of ether oxygens (including phenoxy) is 1. The monoisotopic (exact) mass is 1030 g/mol. The number of halogens is 2. The number of aliphatic hydroxyl groups is 1. The van der Waals surface area contributed by atoms with Crippen molar-refractivity contribution in [2.45, 2.75) is 101 Å². The first kappa shape index (κ1) is 52.0. The first-order valence-electron chi connectivity index (χ1n) is 24.3. The molecule has 4 heterocycles. The minimum atomic E-state index is -2.03. The van der Waals surface area contributed by atoms with Crippen molar-refractivity contribution in [2.24, 2.45) is 11.8 Å². The lowest BCUT2D eigenvalue weighted by Crippen LogP contribution is -2.61. The van der Waals surface area contributed by atoms with Crippen LogP contribution in [0.3, 0.4) is 0 Å². The number of hydrogen-bond acceptors (Lipinski definition) is 14. The Kier molecular flexibility index (Phi) is 16.3. The molecule has 4 aliphatic rings. The first-order chi connectivity index (χ1) is 33.9. The van der Waals surface area contributed by atoms with Crippen LogP contribution in [0, 0.1) is 18.8 Å². The number of allylic oxidation sites excluding steroid dienone is 1. The van der Waals surface area contributed by atoms with Crippen molar-refractivity contribution < 1.29 is 33.4 Å². The van der Waals surface area contributed by atoms with Crippen LogP contribution < -0.4 is 26.0 Å². The minimum absolute atomic E-state index is 0.0383. The Morgan fingerprint density at radius 3 is 2.42 bits per heavy atom. The number of aryl methyl sites for hydroxylation is 1. The van der Waals surface area contributed by atoms with Crippen LogP contribution in [0.4, 0.5) is 21.8 Å². The zero-order valence-corrected chi connectivity index (χ0v) is 43.3. The Morgan fingerprint density at radius 1 is 1.06 bits per heavy atom. The molecule has 71 heavy (non-hydrogen) atoms. The normalized spacial score (nSPS) is 21.5. The van der Waals surface area contributed by atoms with E-state index in [2.05, 4.69) is 47.7 Å². The molecule has 4 aromatic rings. The van der Waals surface area contributed by atoms with Crippen molar-refractivity contribution in [3.05, 3.63) is 87.5 Å². The SMILES string of the molecule is C=C(SC(C)(C)[C@H](NC(=O)C1(F)CC1)C(=O)N1C[C@H](O)CC1C(=O)NCc1ccc(-c2scnc2C)cc1)[C@H]1CC[C@@H](CN2CCN(C(=O)c3ccc(Nc4ncc(Cl)c(NC)n4)c(OC)c3)CC2)CC1. The van der Waals surface area contributed by atoms with E-state index >= 15 is 4.39 Å². The molecule has 0 spiro atoms. The predicted octanol–water partition coefficient (Wildman–Crippen LogP) is 7.21. The van der Waals surface area contributed by atoms with Gasteiger partial charge in [-0.3, -0.25) is 24.1 Å². The number of carbonyl (C=O) groups excluding carboxylic acids is 4. The molecule has 2 aliphatic heterocycles. The second kappa shape index (κ2) is 22.2. The molecule has 0 radical (unpaired) electrons. The molecule has 3 atom stereocenters. The summed E-state index contributed by atoms with van der Waals surface area (Å²) in [6.07, 6.45) is 4.55. The Morgan fingerprint density at radius 2 is 1.77 bits per heavy atom. The second-order valence-electron chi connectivity index (χ2n) is 19.6. The number of hydrogen-bond donors (Lipinski definition) is 5. The van der Waals surface area contributed by atoms with Crippen LogP contribution in [0.25, 0.3) is 10.4 Å². The standard InChI is InChI=1S/C51H64ClFN10O6S2/c1-30-42(70-29-57-30)35-13-7-32(8-14-35)25-55-45(65)40-24-37(64)28-63(40)47(67)43(59-48(68)51(53)17-18-51)50(3,4)71-31(2)34-11-9-33(10-12-34)27-61-19-21-62(22-20-61)46(66)36-15-16-39(41(23-36)69-6)58-49-56-26-38(52)44(54-5)60-49/h7-8,13-16,23,26,29,33-34,37,40,43,64H,2,9-12,17-22,24-25,27-28H2,1,3-6H3,(H,55,65)(H,59,68)(H2,54,56,58,60)/t33-,34+,37-,40?,43-/m1/s1. The number of likely N-dealkylation sites (tertiary alicyclic amines) is 1. The third-order valence-corrected chi connectivity index (χ3v) is 16.8. The Balaban J connectivity index is 0.824. The Bertz CT molecular complexity index is 2600. The third-order valence-electron chi connectivity index (χ3n) is 14.2.